The molecule has 0 aliphatic rings. The Kier molecular flexibility index (Phi) is 3.98. The number of aryl methyl sites for hydroxylation is 2. The van der Waals surface area contributed by atoms with Crippen molar-refractivity contribution in [1.29, 1.82) is 0 Å². The predicted molar refractivity (Wildman–Crippen MR) is 77.6 cm³/mol. The summed E-state index contributed by atoms with van der Waals surface area (Å²) in [5.41, 5.74) is 1.09. The van der Waals surface area contributed by atoms with E-state index >= 15 is 0 Å². The number of rotatable bonds is 4. The molecule has 1 aromatic carbocycles. The van der Waals surface area contributed by atoms with E-state index < -0.39 is 10.5 Å². The van der Waals surface area contributed by atoms with E-state index in [1.165, 1.54) is 13.0 Å². The molecule has 0 saturated carbocycles. The van der Waals surface area contributed by atoms with Crippen LogP contribution >= 0.6 is 0 Å². The summed E-state index contributed by atoms with van der Waals surface area (Å²) in [4.78, 5) is 34.3. The Hall–Kier alpha value is -2.76. The quantitative estimate of drug-likeness (QED) is 0.490. The lowest BCUT2D eigenvalue weighted by Crippen LogP contribution is -2.24. The van der Waals surface area contributed by atoms with Gasteiger partial charge in [-0.3, -0.25) is 19.7 Å². The molecule has 21 heavy (non-hydrogen) atoms. The molecule has 0 bridgehead atoms. The molecule has 0 spiro atoms. The van der Waals surface area contributed by atoms with E-state index in [0.717, 1.165) is 16.3 Å². The van der Waals surface area contributed by atoms with E-state index in [0.29, 0.717) is 5.56 Å². The van der Waals surface area contributed by atoms with Crippen molar-refractivity contribution in [2.24, 2.45) is 0 Å². The first-order valence-corrected chi connectivity index (χ1v) is 6.34. The van der Waals surface area contributed by atoms with Crippen LogP contribution in [0.5, 0.6) is 0 Å². The smallest absolute Gasteiger partial charge is 0.288 e. The monoisotopic (exact) mass is 286 g/mol. The third-order valence-electron chi connectivity index (χ3n) is 3.16. The SMILES string of the molecule is Cc1cccc(C(=O)Cn2cc([N+](=O)[O-])c(C)cc2=O)c1. The molecule has 0 aliphatic carbocycles. The number of ketones is 1. The van der Waals surface area contributed by atoms with Gasteiger partial charge < -0.3 is 4.57 Å². The fourth-order valence-electron chi connectivity index (χ4n) is 2.03. The Morgan fingerprint density at radius 3 is 2.62 bits per heavy atom. The third kappa shape index (κ3) is 3.22. The van der Waals surface area contributed by atoms with Gasteiger partial charge in [-0.2, -0.15) is 0 Å². The topological polar surface area (TPSA) is 82.2 Å². The van der Waals surface area contributed by atoms with Crippen molar-refractivity contribution in [3.63, 3.8) is 0 Å². The molecule has 1 heterocycles. The Labute approximate surface area is 120 Å². The van der Waals surface area contributed by atoms with Crippen LogP contribution in [-0.4, -0.2) is 15.3 Å². The maximum Gasteiger partial charge on any atom is 0.288 e. The van der Waals surface area contributed by atoms with E-state index in [1.807, 2.05) is 13.0 Å². The second-order valence-electron chi connectivity index (χ2n) is 4.86. The first-order valence-electron chi connectivity index (χ1n) is 6.34. The lowest BCUT2D eigenvalue weighted by molar-refractivity contribution is -0.385. The fraction of sp³-hybridized carbons (Fsp3) is 0.200. The number of nitro groups is 1. The molecule has 2 rings (SSSR count). The molecule has 108 valence electrons. The summed E-state index contributed by atoms with van der Waals surface area (Å²) in [6.07, 6.45) is 1.12. The third-order valence-corrected chi connectivity index (χ3v) is 3.16. The van der Waals surface area contributed by atoms with Crippen LogP contribution < -0.4 is 5.56 Å². The number of hydrogen-bond donors (Lipinski definition) is 0. The number of carbonyl (C=O) groups excluding carboxylic acids is 1. The van der Waals surface area contributed by atoms with Crippen molar-refractivity contribution in [3.8, 4) is 0 Å². The van der Waals surface area contributed by atoms with Crippen LogP contribution in [-0.2, 0) is 6.54 Å². The van der Waals surface area contributed by atoms with E-state index in [4.69, 9.17) is 0 Å². The number of carbonyl (C=O) groups is 1. The molecule has 0 unspecified atom stereocenters. The van der Waals surface area contributed by atoms with Crippen molar-refractivity contribution >= 4 is 11.5 Å². The standard InChI is InChI=1S/C15H14N2O4/c1-10-4-3-5-12(6-10)14(18)9-16-8-13(17(20)21)11(2)7-15(16)19/h3-8H,9H2,1-2H3. The van der Waals surface area contributed by atoms with E-state index in [2.05, 4.69) is 0 Å². The van der Waals surface area contributed by atoms with Gasteiger partial charge in [0.15, 0.2) is 5.78 Å². The number of benzene rings is 1. The van der Waals surface area contributed by atoms with Crippen LogP contribution in [0.3, 0.4) is 0 Å². The average molecular weight is 286 g/mol. The molecule has 0 amide bonds. The van der Waals surface area contributed by atoms with Crippen LogP contribution in [0.2, 0.25) is 0 Å². The van der Waals surface area contributed by atoms with Gasteiger partial charge in [0.05, 0.1) is 17.7 Å². The van der Waals surface area contributed by atoms with Gasteiger partial charge in [-0.15, -0.1) is 0 Å². The minimum absolute atomic E-state index is 0.174. The fourth-order valence-corrected chi connectivity index (χ4v) is 2.03. The van der Waals surface area contributed by atoms with Crippen LogP contribution in [0.25, 0.3) is 0 Å². The molecule has 2 aromatic rings. The molecule has 0 N–H and O–H groups in total. The average Bonchev–Trinajstić information content (AvgIpc) is 2.41. The van der Waals surface area contributed by atoms with Crippen LogP contribution in [0.15, 0.2) is 41.3 Å². The van der Waals surface area contributed by atoms with Gasteiger partial charge in [-0.05, 0) is 19.9 Å². The van der Waals surface area contributed by atoms with E-state index in [-0.39, 0.29) is 23.6 Å². The lowest BCUT2D eigenvalue weighted by Gasteiger charge is -2.06. The summed E-state index contributed by atoms with van der Waals surface area (Å²) in [6, 6.07) is 8.16. The summed E-state index contributed by atoms with van der Waals surface area (Å²) < 4.78 is 1.07. The number of nitrogens with zero attached hydrogens (tertiary/aromatic N) is 2. The maximum atomic E-state index is 12.2. The summed E-state index contributed by atoms with van der Waals surface area (Å²) >= 11 is 0. The highest BCUT2D eigenvalue weighted by molar-refractivity contribution is 5.96. The summed E-state index contributed by atoms with van der Waals surface area (Å²) in [5, 5.41) is 10.9. The van der Waals surface area contributed by atoms with Gasteiger partial charge in [0.1, 0.15) is 0 Å². The summed E-state index contributed by atoms with van der Waals surface area (Å²) in [6.45, 7) is 3.13. The molecule has 1 aromatic heterocycles. The first-order chi connectivity index (χ1) is 9.88. The maximum absolute atomic E-state index is 12.2. The Morgan fingerprint density at radius 2 is 2.00 bits per heavy atom. The molecule has 0 aliphatic heterocycles. The minimum Gasteiger partial charge on any atom is -0.301 e. The van der Waals surface area contributed by atoms with Crippen molar-refractivity contribution in [3.05, 3.63) is 73.7 Å². The zero-order chi connectivity index (χ0) is 15.6. The summed E-state index contributed by atoms with van der Waals surface area (Å²) in [7, 11) is 0. The number of hydrogen-bond acceptors (Lipinski definition) is 4. The van der Waals surface area contributed by atoms with Crippen LogP contribution in [0.4, 0.5) is 5.69 Å². The van der Waals surface area contributed by atoms with Crippen LogP contribution in [0.1, 0.15) is 21.5 Å². The van der Waals surface area contributed by atoms with Gasteiger partial charge >= 0.3 is 0 Å². The Balaban J connectivity index is 2.35. The molecular weight excluding hydrogens is 272 g/mol. The summed E-state index contributed by atoms with van der Waals surface area (Å²) in [5.74, 6) is -0.265. The minimum atomic E-state index is -0.567. The zero-order valence-electron chi connectivity index (χ0n) is 11.7. The van der Waals surface area contributed by atoms with Gasteiger partial charge in [0.25, 0.3) is 11.2 Å². The molecule has 6 nitrogen and oxygen atoms in total. The first kappa shape index (κ1) is 14.6. The predicted octanol–water partition coefficient (Wildman–Crippen LogP) is 2.26. The largest absolute Gasteiger partial charge is 0.301 e. The van der Waals surface area contributed by atoms with Gasteiger partial charge in [-0.1, -0.05) is 23.8 Å². The number of Topliss-reactive ketones (excluding diaryl/α,β-unsaturated/α-hetero) is 1. The zero-order valence-corrected chi connectivity index (χ0v) is 11.7. The second-order valence-corrected chi connectivity index (χ2v) is 4.86. The highest BCUT2D eigenvalue weighted by Gasteiger charge is 2.15. The molecule has 0 radical (unpaired) electrons. The van der Waals surface area contributed by atoms with Gasteiger partial charge in [0, 0.05) is 17.2 Å². The van der Waals surface area contributed by atoms with Crippen molar-refractivity contribution in [2.75, 3.05) is 0 Å². The van der Waals surface area contributed by atoms with Crippen molar-refractivity contribution < 1.29 is 9.72 Å². The number of pyridine rings is 1. The van der Waals surface area contributed by atoms with E-state index in [1.54, 1.807) is 18.2 Å². The highest BCUT2D eigenvalue weighted by atomic mass is 16.6. The molecule has 0 atom stereocenters. The molecule has 0 saturated heterocycles. The molecule has 6 heteroatoms. The second kappa shape index (κ2) is 5.70. The van der Waals surface area contributed by atoms with Crippen molar-refractivity contribution in [2.45, 2.75) is 20.4 Å². The highest BCUT2D eigenvalue weighted by Crippen LogP contribution is 2.14. The normalized spacial score (nSPS) is 10.4. The Morgan fingerprint density at radius 1 is 1.29 bits per heavy atom. The molecular formula is C15H14N2O4. The lowest BCUT2D eigenvalue weighted by atomic mass is 10.1. The molecule has 0 fully saturated rings. The number of aromatic nitrogens is 1. The van der Waals surface area contributed by atoms with E-state index in [9.17, 15) is 19.7 Å². The van der Waals surface area contributed by atoms with Crippen LogP contribution in [0, 0.1) is 24.0 Å². The van der Waals surface area contributed by atoms with Gasteiger partial charge in [-0.25, -0.2) is 0 Å². The van der Waals surface area contributed by atoms with Gasteiger partial charge in [0.2, 0.25) is 0 Å². The van der Waals surface area contributed by atoms with Crippen molar-refractivity contribution in [1.82, 2.24) is 4.57 Å². The Bertz CT molecular complexity index is 777.